The number of hydrogen-bond acceptors (Lipinski definition) is 9. The maximum Gasteiger partial charge on any atom is 0.353 e. The molecular formula is C17H20N8O4S2. The predicted octanol–water partition coefficient (Wildman–Crippen LogP) is -0.274. The quantitative estimate of drug-likeness (QED) is 0.103. The summed E-state index contributed by atoms with van der Waals surface area (Å²) in [5.41, 5.74) is 13.8. The fourth-order valence-electron chi connectivity index (χ4n) is 3.07. The van der Waals surface area contributed by atoms with Gasteiger partial charge in [0, 0.05) is 16.7 Å². The van der Waals surface area contributed by atoms with E-state index >= 15 is 0 Å². The number of allylic oxidation sites excluding steroid dienone is 1. The highest BCUT2D eigenvalue weighted by atomic mass is 32.2. The number of nitrogens with two attached hydrogens (primary N) is 2. The molecule has 1 aromatic rings. The molecule has 8 N–H and O–H groups in total. The Morgan fingerprint density at radius 1 is 1.52 bits per heavy atom. The molecule has 1 unspecified atom stereocenters. The van der Waals surface area contributed by atoms with Gasteiger partial charge < -0.3 is 21.9 Å². The van der Waals surface area contributed by atoms with Crippen LogP contribution in [0, 0.1) is 5.41 Å². The molecule has 0 aliphatic carbocycles. The topological polar surface area (TPSA) is 200 Å². The number of aliphatic carboxylic acids is 1. The number of β-lactam (4-membered cyclic amide) rings is 1. The average Bonchev–Trinajstić information content (AvgIpc) is 3.14. The summed E-state index contributed by atoms with van der Waals surface area (Å²) in [5, 5.41) is 24.5. The van der Waals surface area contributed by atoms with Gasteiger partial charge in [0.05, 0.1) is 17.5 Å². The maximum atomic E-state index is 12.8. The standard InChI is InChI=1S/C17H20N8O4S2/c1-2-3-8(9-6-31-17(20)22-9)12(26)23-10-13(27)25-11(15(28)29)7(5-30-14(10)25)4-21-24-16(18)19/h3-4,6,10,14H,2,5H2,1H3,(H2,20,22)(H,23,26)(H,28,29)(H4,18,19,24)/b8-3-,21-4?/t10?,14-/m0/s1. The Morgan fingerprint density at radius 2 is 2.26 bits per heavy atom. The summed E-state index contributed by atoms with van der Waals surface area (Å²) in [7, 11) is 0. The molecule has 1 aromatic heterocycles. The van der Waals surface area contributed by atoms with E-state index in [4.69, 9.17) is 16.9 Å². The number of carbonyl (C=O) groups is 3. The van der Waals surface area contributed by atoms with Crippen LogP contribution in [-0.4, -0.2) is 62.1 Å². The largest absolute Gasteiger partial charge is 0.477 e. The van der Waals surface area contributed by atoms with Gasteiger partial charge in [0.15, 0.2) is 5.13 Å². The van der Waals surface area contributed by atoms with E-state index in [2.05, 4.69) is 20.8 Å². The van der Waals surface area contributed by atoms with Crippen LogP contribution < -0.4 is 22.2 Å². The minimum absolute atomic E-state index is 0.218. The van der Waals surface area contributed by atoms with Gasteiger partial charge in [-0.2, -0.15) is 5.10 Å². The number of carboxylic acid groups (broad SMARTS) is 1. The highest BCUT2D eigenvalue weighted by molar-refractivity contribution is 8.00. The van der Waals surface area contributed by atoms with Crippen molar-refractivity contribution in [2.24, 2.45) is 10.8 Å². The first-order valence-electron chi connectivity index (χ1n) is 9.01. The zero-order chi connectivity index (χ0) is 22.7. The number of aromatic nitrogens is 1. The second kappa shape index (κ2) is 9.18. The molecule has 2 aliphatic heterocycles. The number of thiazole rings is 1. The van der Waals surface area contributed by atoms with Crippen molar-refractivity contribution in [2.45, 2.75) is 24.8 Å². The van der Waals surface area contributed by atoms with E-state index in [0.29, 0.717) is 22.8 Å². The molecule has 0 bridgehead atoms. The number of anilines is 1. The Morgan fingerprint density at radius 3 is 2.84 bits per heavy atom. The van der Waals surface area contributed by atoms with Crippen molar-refractivity contribution in [1.29, 1.82) is 5.41 Å². The van der Waals surface area contributed by atoms with Crippen molar-refractivity contribution in [2.75, 3.05) is 11.5 Å². The van der Waals surface area contributed by atoms with Crippen LogP contribution in [0.5, 0.6) is 0 Å². The van der Waals surface area contributed by atoms with E-state index in [-0.39, 0.29) is 17.0 Å². The van der Waals surface area contributed by atoms with E-state index in [1.54, 1.807) is 11.5 Å². The molecule has 0 saturated carbocycles. The molecule has 3 heterocycles. The molecule has 31 heavy (non-hydrogen) atoms. The number of rotatable bonds is 7. The van der Waals surface area contributed by atoms with E-state index in [9.17, 15) is 19.5 Å². The van der Waals surface area contributed by atoms with Gasteiger partial charge in [-0.1, -0.05) is 13.0 Å². The lowest BCUT2D eigenvalue weighted by molar-refractivity contribution is -0.150. The Hall–Kier alpha value is -3.39. The number of nitrogens with one attached hydrogen (secondary N) is 3. The molecule has 2 atom stereocenters. The van der Waals surface area contributed by atoms with Crippen molar-refractivity contribution in [3.8, 4) is 0 Å². The van der Waals surface area contributed by atoms with Gasteiger partial charge in [-0.25, -0.2) is 15.2 Å². The van der Waals surface area contributed by atoms with Crippen molar-refractivity contribution in [1.82, 2.24) is 20.6 Å². The third kappa shape index (κ3) is 4.54. The summed E-state index contributed by atoms with van der Waals surface area (Å²) < 4.78 is 0. The number of hydrogen-bond donors (Lipinski definition) is 6. The number of carboxylic acids is 1. The van der Waals surface area contributed by atoms with E-state index in [1.807, 2.05) is 6.92 Å². The minimum atomic E-state index is -1.29. The summed E-state index contributed by atoms with van der Waals surface area (Å²) in [6.45, 7) is 1.87. The highest BCUT2D eigenvalue weighted by Gasteiger charge is 2.54. The first-order chi connectivity index (χ1) is 14.7. The van der Waals surface area contributed by atoms with Gasteiger partial charge in [-0.3, -0.25) is 19.9 Å². The normalized spacial score (nSPS) is 21.0. The minimum Gasteiger partial charge on any atom is -0.477 e. The molecule has 0 spiro atoms. The molecule has 3 rings (SSSR count). The fraction of sp³-hybridized carbons (Fsp3) is 0.294. The number of fused-ring (bicyclic) bond motifs is 1. The second-order valence-electron chi connectivity index (χ2n) is 6.42. The van der Waals surface area contributed by atoms with Crippen LogP contribution in [0.25, 0.3) is 5.57 Å². The lowest BCUT2D eigenvalue weighted by Gasteiger charge is -2.49. The highest BCUT2D eigenvalue weighted by Crippen LogP contribution is 2.40. The first-order valence-corrected chi connectivity index (χ1v) is 10.9. The Labute approximate surface area is 185 Å². The van der Waals surface area contributed by atoms with Crippen LogP contribution in [0.4, 0.5) is 5.13 Å². The predicted molar refractivity (Wildman–Crippen MR) is 118 cm³/mol. The Balaban J connectivity index is 1.78. The third-order valence-electron chi connectivity index (χ3n) is 4.34. The molecule has 1 fully saturated rings. The second-order valence-corrected chi connectivity index (χ2v) is 8.42. The van der Waals surface area contributed by atoms with Crippen molar-refractivity contribution < 1.29 is 19.5 Å². The molecule has 1 saturated heterocycles. The van der Waals surface area contributed by atoms with Gasteiger partial charge in [0.2, 0.25) is 5.96 Å². The number of hydrazone groups is 1. The summed E-state index contributed by atoms with van der Waals surface area (Å²) in [5.74, 6) is -2.48. The molecule has 164 valence electrons. The van der Waals surface area contributed by atoms with Gasteiger partial charge in [0.1, 0.15) is 17.1 Å². The average molecular weight is 465 g/mol. The molecule has 0 aromatic carbocycles. The number of nitrogen functional groups attached to an aromatic ring is 1. The van der Waals surface area contributed by atoms with E-state index < -0.39 is 35.2 Å². The summed E-state index contributed by atoms with van der Waals surface area (Å²) in [6, 6.07) is -0.878. The molecule has 14 heteroatoms. The van der Waals surface area contributed by atoms with Crippen LogP contribution in [-0.2, 0) is 14.4 Å². The molecule has 2 amide bonds. The number of nitrogens with zero attached hydrogens (tertiary/aromatic N) is 3. The molecule has 2 aliphatic rings. The van der Waals surface area contributed by atoms with E-state index in [1.165, 1.54) is 29.3 Å². The number of carbonyl (C=O) groups excluding carboxylic acids is 2. The Kier molecular flexibility index (Phi) is 6.60. The number of thioether (sulfide) groups is 1. The molecule has 12 nitrogen and oxygen atoms in total. The SMILES string of the molecule is CC/C=C(\C(=O)NC1C(=O)N2C(C(=O)O)=C(C=NNC(=N)N)CS[C@@H]12)c1csc(N)n1. The summed E-state index contributed by atoms with van der Waals surface area (Å²) in [4.78, 5) is 42.6. The van der Waals surface area contributed by atoms with Crippen molar-refractivity contribution >= 4 is 63.8 Å². The Bertz CT molecular complexity index is 1030. The number of amides is 2. The number of guanidine groups is 1. The third-order valence-corrected chi connectivity index (χ3v) is 6.32. The van der Waals surface area contributed by atoms with Gasteiger partial charge in [-0.15, -0.1) is 23.1 Å². The van der Waals surface area contributed by atoms with Gasteiger partial charge in [-0.05, 0) is 6.42 Å². The van der Waals surface area contributed by atoms with Crippen LogP contribution in [0.1, 0.15) is 19.0 Å². The van der Waals surface area contributed by atoms with Crippen molar-refractivity contribution in [3.63, 3.8) is 0 Å². The van der Waals surface area contributed by atoms with Crippen LogP contribution in [0.2, 0.25) is 0 Å². The lowest BCUT2D eigenvalue weighted by Crippen LogP contribution is -2.70. The lowest BCUT2D eigenvalue weighted by atomic mass is 10.0. The zero-order valence-corrected chi connectivity index (χ0v) is 17.9. The van der Waals surface area contributed by atoms with Crippen LogP contribution in [0.3, 0.4) is 0 Å². The van der Waals surface area contributed by atoms with Gasteiger partial charge in [0.25, 0.3) is 11.8 Å². The monoisotopic (exact) mass is 464 g/mol. The zero-order valence-electron chi connectivity index (χ0n) is 16.3. The summed E-state index contributed by atoms with van der Waals surface area (Å²) >= 11 is 2.49. The van der Waals surface area contributed by atoms with Crippen LogP contribution >= 0.6 is 23.1 Å². The smallest absolute Gasteiger partial charge is 0.353 e. The maximum absolute atomic E-state index is 12.8. The van der Waals surface area contributed by atoms with Crippen LogP contribution in [0.15, 0.2) is 27.8 Å². The van der Waals surface area contributed by atoms with E-state index in [0.717, 1.165) is 4.90 Å². The molecule has 0 radical (unpaired) electrons. The first kappa shape index (κ1) is 22.3. The van der Waals surface area contributed by atoms with Gasteiger partial charge >= 0.3 is 5.97 Å². The van der Waals surface area contributed by atoms with Crippen molar-refractivity contribution in [3.05, 3.63) is 28.4 Å². The summed E-state index contributed by atoms with van der Waals surface area (Å²) in [6.07, 6.45) is 3.48. The molecular weight excluding hydrogens is 444 g/mol. The fourth-order valence-corrected chi connectivity index (χ4v) is 4.93.